The average Bonchev–Trinajstić information content (AvgIpc) is 2.53. The van der Waals surface area contributed by atoms with E-state index in [2.05, 4.69) is 26.9 Å². The highest BCUT2D eigenvalue weighted by Gasteiger charge is 2.14. The van der Waals surface area contributed by atoms with E-state index in [-0.39, 0.29) is 11.4 Å². The van der Waals surface area contributed by atoms with Gasteiger partial charge in [0.15, 0.2) is 0 Å². The molecule has 0 bridgehead atoms. The highest BCUT2D eigenvalue weighted by atomic mass is 32.2. The second-order valence-electron chi connectivity index (χ2n) is 4.49. The minimum Gasteiger partial charge on any atom is -0.357 e. The minimum atomic E-state index is -3.60. The van der Waals surface area contributed by atoms with Gasteiger partial charge in [-0.05, 0) is 17.5 Å². The van der Waals surface area contributed by atoms with E-state index < -0.39 is 10.0 Å². The van der Waals surface area contributed by atoms with E-state index in [1.54, 1.807) is 7.05 Å². The summed E-state index contributed by atoms with van der Waals surface area (Å²) in [5.41, 5.74) is 2.13. The van der Waals surface area contributed by atoms with Crippen molar-refractivity contribution in [2.45, 2.75) is 24.8 Å². The summed E-state index contributed by atoms with van der Waals surface area (Å²) >= 11 is 0. The molecule has 1 aromatic carbocycles. The van der Waals surface area contributed by atoms with Crippen LogP contribution in [-0.2, 0) is 23.0 Å². The molecular formula is C14H18N4O2S. The Balaban J connectivity index is 2.05. The molecule has 0 saturated heterocycles. The molecule has 6 nitrogen and oxygen atoms in total. The molecule has 0 aliphatic rings. The summed E-state index contributed by atoms with van der Waals surface area (Å²) < 4.78 is 26.8. The Kier molecular flexibility index (Phi) is 4.87. The number of aryl methyl sites for hydroxylation is 1. The van der Waals surface area contributed by atoms with Crippen LogP contribution in [-0.4, -0.2) is 25.4 Å². The predicted octanol–water partition coefficient (Wildman–Crippen LogP) is 1.56. The molecule has 7 heteroatoms. The largest absolute Gasteiger partial charge is 0.357 e. The van der Waals surface area contributed by atoms with E-state index in [9.17, 15) is 8.42 Å². The quantitative estimate of drug-likeness (QED) is 0.846. The number of anilines is 1. The van der Waals surface area contributed by atoms with Crippen LogP contribution < -0.4 is 10.0 Å². The summed E-state index contributed by atoms with van der Waals surface area (Å²) in [4.78, 5) is 7.85. The zero-order chi connectivity index (χ0) is 15.3. The Labute approximate surface area is 124 Å². The fourth-order valence-corrected chi connectivity index (χ4v) is 2.64. The highest BCUT2D eigenvalue weighted by molar-refractivity contribution is 7.89. The van der Waals surface area contributed by atoms with Gasteiger partial charge in [0.1, 0.15) is 4.90 Å². The minimum absolute atomic E-state index is 0.0479. The Bertz CT molecular complexity index is 682. The summed E-state index contributed by atoms with van der Waals surface area (Å²) in [6.07, 6.45) is 3.52. The molecule has 21 heavy (non-hydrogen) atoms. The van der Waals surface area contributed by atoms with Crippen LogP contribution in [0.3, 0.4) is 0 Å². The van der Waals surface area contributed by atoms with Crippen molar-refractivity contribution in [3.63, 3.8) is 0 Å². The fourth-order valence-electron chi connectivity index (χ4n) is 1.74. The number of hydrogen-bond donors (Lipinski definition) is 2. The maximum absolute atomic E-state index is 12.1. The van der Waals surface area contributed by atoms with Gasteiger partial charge in [0, 0.05) is 13.6 Å². The average molecular weight is 306 g/mol. The number of benzene rings is 1. The monoisotopic (exact) mass is 306 g/mol. The molecule has 0 amide bonds. The van der Waals surface area contributed by atoms with Crippen LogP contribution >= 0.6 is 0 Å². The standard InChI is InChI=1S/C14H18N4O2S/c1-3-11-4-6-12(7-5-11)8-18-21(19,20)13-9-16-14(15-2)17-10-13/h4-7,9-10,18H,3,8H2,1-2H3,(H,15,16,17). The van der Waals surface area contributed by atoms with Crippen LogP contribution in [0.4, 0.5) is 5.95 Å². The van der Waals surface area contributed by atoms with Gasteiger partial charge in [-0.15, -0.1) is 0 Å². The highest BCUT2D eigenvalue weighted by Crippen LogP contribution is 2.09. The van der Waals surface area contributed by atoms with Crippen LogP contribution in [0.25, 0.3) is 0 Å². The molecule has 0 aliphatic carbocycles. The SMILES string of the molecule is CCc1ccc(CNS(=O)(=O)c2cnc(NC)nc2)cc1. The molecule has 2 rings (SSSR count). The van der Waals surface area contributed by atoms with Gasteiger partial charge in [-0.2, -0.15) is 0 Å². The lowest BCUT2D eigenvalue weighted by molar-refractivity contribution is 0.580. The van der Waals surface area contributed by atoms with Gasteiger partial charge < -0.3 is 5.32 Å². The molecule has 0 fully saturated rings. The summed E-state index contributed by atoms with van der Waals surface area (Å²) in [5, 5.41) is 2.74. The van der Waals surface area contributed by atoms with Crippen molar-refractivity contribution < 1.29 is 8.42 Å². The summed E-state index contributed by atoms with van der Waals surface area (Å²) in [5.74, 6) is 0.379. The van der Waals surface area contributed by atoms with Crippen molar-refractivity contribution >= 4 is 16.0 Å². The van der Waals surface area contributed by atoms with E-state index in [0.717, 1.165) is 12.0 Å². The van der Waals surface area contributed by atoms with Gasteiger partial charge >= 0.3 is 0 Å². The third-order valence-corrected chi connectivity index (χ3v) is 4.42. The maximum atomic E-state index is 12.1. The van der Waals surface area contributed by atoms with E-state index in [1.807, 2.05) is 24.3 Å². The molecule has 0 aliphatic heterocycles. The maximum Gasteiger partial charge on any atom is 0.243 e. The van der Waals surface area contributed by atoms with Gasteiger partial charge in [-0.3, -0.25) is 0 Å². The number of sulfonamides is 1. The molecule has 0 spiro atoms. The van der Waals surface area contributed by atoms with Crippen molar-refractivity contribution in [3.8, 4) is 0 Å². The summed E-state index contributed by atoms with van der Waals surface area (Å²) in [6, 6.07) is 7.83. The Morgan fingerprint density at radius 3 is 2.14 bits per heavy atom. The summed E-state index contributed by atoms with van der Waals surface area (Å²) in [7, 11) is -1.93. The number of aromatic nitrogens is 2. The van der Waals surface area contributed by atoms with E-state index in [1.165, 1.54) is 18.0 Å². The van der Waals surface area contributed by atoms with E-state index in [0.29, 0.717) is 5.95 Å². The van der Waals surface area contributed by atoms with Gasteiger partial charge in [0.25, 0.3) is 0 Å². The molecule has 1 heterocycles. The Morgan fingerprint density at radius 2 is 1.62 bits per heavy atom. The molecule has 0 atom stereocenters. The first-order valence-electron chi connectivity index (χ1n) is 6.62. The summed E-state index contributed by atoms with van der Waals surface area (Å²) in [6.45, 7) is 2.31. The van der Waals surface area contributed by atoms with Crippen molar-refractivity contribution in [2.75, 3.05) is 12.4 Å². The first kappa shape index (κ1) is 15.4. The van der Waals surface area contributed by atoms with Crippen molar-refractivity contribution in [3.05, 3.63) is 47.8 Å². The topological polar surface area (TPSA) is 84.0 Å². The first-order valence-corrected chi connectivity index (χ1v) is 8.10. The van der Waals surface area contributed by atoms with Crippen LogP contribution in [0.5, 0.6) is 0 Å². The second-order valence-corrected chi connectivity index (χ2v) is 6.25. The molecule has 1 aromatic heterocycles. The Hall–Kier alpha value is -1.99. The number of rotatable bonds is 6. The molecule has 0 radical (unpaired) electrons. The molecule has 0 unspecified atom stereocenters. The lowest BCUT2D eigenvalue weighted by atomic mass is 10.1. The van der Waals surface area contributed by atoms with Gasteiger partial charge in [-0.1, -0.05) is 31.2 Å². The van der Waals surface area contributed by atoms with Crippen LogP contribution in [0.2, 0.25) is 0 Å². The van der Waals surface area contributed by atoms with Crippen molar-refractivity contribution in [1.82, 2.24) is 14.7 Å². The molecule has 112 valence electrons. The number of nitrogens with one attached hydrogen (secondary N) is 2. The lowest BCUT2D eigenvalue weighted by Crippen LogP contribution is -2.23. The first-order chi connectivity index (χ1) is 10.0. The fraction of sp³-hybridized carbons (Fsp3) is 0.286. The predicted molar refractivity (Wildman–Crippen MR) is 81.4 cm³/mol. The number of hydrogen-bond acceptors (Lipinski definition) is 5. The van der Waals surface area contributed by atoms with Gasteiger partial charge in [0.05, 0.1) is 12.4 Å². The molecular weight excluding hydrogens is 288 g/mol. The zero-order valence-electron chi connectivity index (χ0n) is 12.0. The lowest BCUT2D eigenvalue weighted by Gasteiger charge is -2.07. The molecule has 2 aromatic rings. The van der Waals surface area contributed by atoms with E-state index >= 15 is 0 Å². The Morgan fingerprint density at radius 1 is 1.05 bits per heavy atom. The molecule has 0 saturated carbocycles. The van der Waals surface area contributed by atoms with Crippen LogP contribution in [0.15, 0.2) is 41.6 Å². The van der Waals surface area contributed by atoms with Gasteiger partial charge in [0.2, 0.25) is 16.0 Å². The van der Waals surface area contributed by atoms with Crippen LogP contribution in [0.1, 0.15) is 18.1 Å². The number of nitrogens with zero attached hydrogens (tertiary/aromatic N) is 2. The second kappa shape index (κ2) is 6.64. The van der Waals surface area contributed by atoms with E-state index in [4.69, 9.17) is 0 Å². The third-order valence-electron chi connectivity index (χ3n) is 3.06. The van der Waals surface area contributed by atoms with Crippen molar-refractivity contribution in [2.24, 2.45) is 0 Å². The van der Waals surface area contributed by atoms with Crippen molar-refractivity contribution in [1.29, 1.82) is 0 Å². The third kappa shape index (κ3) is 3.99. The normalized spacial score (nSPS) is 11.3. The van der Waals surface area contributed by atoms with Gasteiger partial charge in [-0.25, -0.2) is 23.1 Å². The van der Waals surface area contributed by atoms with Crippen LogP contribution in [0, 0.1) is 0 Å². The molecule has 2 N–H and O–H groups in total. The zero-order valence-corrected chi connectivity index (χ0v) is 12.8. The smallest absolute Gasteiger partial charge is 0.243 e.